The summed E-state index contributed by atoms with van der Waals surface area (Å²) in [7, 11) is 5.97. The summed E-state index contributed by atoms with van der Waals surface area (Å²) in [6, 6.07) is 0. The van der Waals surface area contributed by atoms with Crippen molar-refractivity contribution in [2.24, 2.45) is 0 Å². The molecule has 95 heavy (non-hydrogen) atoms. The van der Waals surface area contributed by atoms with E-state index in [0.717, 1.165) is 122 Å². The van der Waals surface area contributed by atoms with Gasteiger partial charge in [0.15, 0.2) is 6.10 Å². The average molecular weight is 1320 g/mol. The molecular weight excluding hydrogens is 1170 g/mol. The van der Waals surface area contributed by atoms with Gasteiger partial charge in [-0.3, -0.25) is 9.59 Å². The van der Waals surface area contributed by atoms with Crippen LogP contribution < -0.4 is 0 Å². The summed E-state index contributed by atoms with van der Waals surface area (Å²) in [5.41, 5.74) is 0. The third-order valence-electron chi connectivity index (χ3n) is 16.3. The highest BCUT2D eigenvalue weighted by Gasteiger charge is 2.25. The molecule has 540 valence electrons. The van der Waals surface area contributed by atoms with Gasteiger partial charge >= 0.3 is 17.9 Å². The third kappa shape index (κ3) is 76.1. The summed E-state index contributed by atoms with van der Waals surface area (Å²) in [6.45, 7) is 4.76. The van der Waals surface area contributed by atoms with Gasteiger partial charge in [-0.2, -0.15) is 0 Å². The number of nitrogens with zero attached hydrogens (tertiary/aromatic N) is 1. The van der Waals surface area contributed by atoms with E-state index >= 15 is 0 Å². The van der Waals surface area contributed by atoms with Gasteiger partial charge in [0, 0.05) is 12.8 Å². The molecular formula is C86H144NO8+. The fraction of sp³-hybridized carbons (Fsp3) is 0.663. The number of rotatable bonds is 70. The Morgan fingerprint density at radius 1 is 0.326 bits per heavy atom. The van der Waals surface area contributed by atoms with Crippen LogP contribution in [0.25, 0.3) is 0 Å². The molecule has 0 rings (SSSR count). The third-order valence-corrected chi connectivity index (χ3v) is 16.3. The summed E-state index contributed by atoms with van der Waals surface area (Å²) in [6.07, 6.45) is 108. The number of hydrogen-bond acceptors (Lipinski definition) is 7. The second-order valence-electron chi connectivity index (χ2n) is 26.6. The Bertz CT molecular complexity index is 2130. The predicted molar refractivity (Wildman–Crippen MR) is 410 cm³/mol. The number of hydrogen-bond donors (Lipinski definition) is 1. The molecule has 9 heteroatoms. The molecule has 0 aromatic rings. The zero-order valence-electron chi connectivity index (χ0n) is 61.8. The summed E-state index contributed by atoms with van der Waals surface area (Å²) >= 11 is 0. The Balaban J connectivity index is 4.12. The van der Waals surface area contributed by atoms with Crippen LogP contribution in [-0.2, 0) is 33.3 Å². The fourth-order valence-electron chi connectivity index (χ4n) is 10.4. The first-order valence-electron chi connectivity index (χ1n) is 38.6. The molecule has 2 unspecified atom stereocenters. The summed E-state index contributed by atoms with van der Waals surface area (Å²) in [5.74, 6) is -2.01. The molecule has 0 saturated carbocycles. The number of quaternary nitrogens is 1. The molecule has 9 nitrogen and oxygen atoms in total. The Kier molecular flexibility index (Phi) is 70.7. The van der Waals surface area contributed by atoms with Crippen LogP contribution in [0.5, 0.6) is 0 Å². The van der Waals surface area contributed by atoms with E-state index < -0.39 is 24.3 Å². The van der Waals surface area contributed by atoms with Gasteiger partial charge in [0.1, 0.15) is 13.2 Å². The van der Waals surface area contributed by atoms with Crippen LogP contribution in [0.3, 0.4) is 0 Å². The summed E-state index contributed by atoms with van der Waals surface area (Å²) in [4.78, 5) is 37.7. The minimum atomic E-state index is -1.52. The Hall–Kier alpha value is -5.09. The van der Waals surface area contributed by atoms with E-state index in [1.54, 1.807) is 0 Å². The van der Waals surface area contributed by atoms with E-state index in [0.29, 0.717) is 23.9 Å². The van der Waals surface area contributed by atoms with Crippen LogP contribution in [0.15, 0.2) is 158 Å². The van der Waals surface area contributed by atoms with E-state index in [2.05, 4.69) is 172 Å². The number of carboxylic acid groups (broad SMARTS) is 1. The van der Waals surface area contributed by atoms with Gasteiger partial charge in [0.2, 0.25) is 0 Å². The topological polar surface area (TPSA) is 108 Å². The maximum Gasteiger partial charge on any atom is 0.361 e. The number of aliphatic carboxylic acids is 1. The molecule has 0 aromatic carbocycles. The highest BCUT2D eigenvalue weighted by atomic mass is 16.7. The summed E-state index contributed by atoms with van der Waals surface area (Å²) in [5, 5.41) is 9.77. The van der Waals surface area contributed by atoms with Crippen molar-refractivity contribution in [3.05, 3.63) is 158 Å². The number of likely N-dealkylation sites (N-methyl/N-ethyl adjacent to an activating group) is 1. The first-order chi connectivity index (χ1) is 46.6. The molecule has 0 fully saturated rings. The minimum Gasteiger partial charge on any atom is -0.477 e. The second kappa shape index (κ2) is 74.7. The van der Waals surface area contributed by atoms with Gasteiger partial charge in [-0.15, -0.1) is 0 Å². The zero-order chi connectivity index (χ0) is 69.0. The predicted octanol–water partition coefficient (Wildman–Crippen LogP) is 24.8. The lowest BCUT2D eigenvalue weighted by Gasteiger charge is -2.25. The van der Waals surface area contributed by atoms with Crippen molar-refractivity contribution in [2.75, 3.05) is 47.5 Å². The van der Waals surface area contributed by atoms with Crippen molar-refractivity contribution < 1.29 is 42.9 Å². The van der Waals surface area contributed by atoms with Gasteiger partial charge in [0.05, 0.1) is 34.4 Å². The van der Waals surface area contributed by atoms with Crippen LogP contribution in [0.1, 0.15) is 309 Å². The van der Waals surface area contributed by atoms with Crippen LogP contribution in [0.2, 0.25) is 0 Å². The van der Waals surface area contributed by atoms with E-state index in [-0.39, 0.29) is 32.2 Å². The molecule has 0 aliphatic heterocycles. The number of esters is 2. The normalized spacial score (nSPS) is 13.6. The number of ether oxygens (including phenoxy) is 4. The molecule has 0 aliphatic rings. The molecule has 0 amide bonds. The first-order valence-corrected chi connectivity index (χ1v) is 38.6. The van der Waals surface area contributed by atoms with Crippen molar-refractivity contribution in [1.82, 2.24) is 0 Å². The Labute approximate surface area is 584 Å². The van der Waals surface area contributed by atoms with E-state index in [1.165, 1.54) is 154 Å². The van der Waals surface area contributed by atoms with Gasteiger partial charge in [-0.05, 0) is 128 Å². The van der Waals surface area contributed by atoms with E-state index in [4.69, 9.17) is 18.9 Å². The molecule has 0 radical (unpaired) electrons. The Morgan fingerprint density at radius 3 is 0.895 bits per heavy atom. The lowest BCUT2D eigenvalue weighted by molar-refractivity contribution is -0.870. The molecule has 0 spiro atoms. The standard InChI is InChI=1S/C86H143NO8/c1-6-8-10-12-14-16-18-20-22-24-26-28-30-32-34-36-37-38-39-40-41-42-43-44-45-46-47-49-51-53-55-57-59-61-63-65-67-69-71-73-75-77-84(89)95-82(81-94-86(85(90)91)92-79-78-87(3,4)5)80-93-83(88)76-74-72-70-68-66-64-62-60-58-56-54-52-50-48-35-33-31-29-27-25-23-21-19-17-15-13-11-9-7-2/h8,10,14,16,19-22,25-28,31-34,37-38,40-41,43-44,46-47,51,53,82,86H,6-7,9,11-13,15,17-18,23-24,29-30,35-36,39,42,45,48-50,52,54-81H2,1-5H3/p+1/b10-8-,16-14-,21-19-,22-20-,27-25-,28-26-,33-31-,34-32-,38-37-,41-40-,44-43-,47-46-,53-51-. The lowest BCUT2D eigenvalue weighted by Crippen LogP contribution is -2.40. The largest absolute Gasteiger partial charge is 0.477 e. The maximum atomic E-state index is 13.0. The van der Waals surface area contributed by atoms with Crippen LogP contribution in [0.4, 0.5) is 0 Å². The van der Waals surface area contributed by atoms with Crippen molar-refractivity contribution >= 4 is 17.9 Å². The van der Waals surface area contributed by atoms with Gasteiger partial charge in [-0.1, -0.05) is 326 Å². The van der Waals surface area contributed by atoms with Crippen molar-refractivity contribution in [2.45, 2.75) is 322 Å². The number of carbonyl (C=O) groups is 3. The second-order valence-corrected chi connectivity index (χ2v) is 26.6. The number of unbranched alkanes of at least 4 members (excludes halogenated alkanes) is 29. The number of allylic oxidation sites excluding steroid dienone is 26. The zero-order valence-corrected chi connectivity index (χ0v) is 61.8. The molecule has 2 atom stereocenters. The molecule has 0 saturated heterocycles. The number of carbonyl (C=O) groups excluding carboxylic acids is 2. The van der Waals surface area contributed by atoms with Crippen LogP contribution in [-0.4, -0.2) is 87.4 Å². The molecule has 0 bridgehead atoms. The molecule has 0 aliphatic carbocycles. The fourth-order valence-corrected chi connectivity index (χ4v) is 10.4. The number of carboxylic acids is 1. The molecule has 0 heterocycles. The van der Waals surface area contributed by atoms with E-state index in [1.807, 2.05) is 21.1 Å². The van der Waals surface area contributed by atoms with Gasteiger partial charge in [0.25, 0.3) is 6.29 Å². The molecule has 1 N–H and O–H groups in total. The SMILES string of the molecule is CC/C=C\C/C=C\C/C=C\C/C=C\C/C=C\C/C=C\C/C=C\C/C=C\C/C=C\C/C=C\CCCCCCCCCCCCC(=O)OC(COC(=O)CCCCCCCCCCCCCCCC/C=C\C/C=C\C/C=C\CCCCCCC)COC(OCC[N+](C)(C)C)C(=O)O. The minimum absolute atomic E-state index is 0.180. The Morgan fingerprint density at radius 2 is 0.600 bits per heavy atom. The maximum absolute atomic E-state index is 13.0. The van der Waals surface area contributed by atoms with E-state index in [9.17, 15) is 19.5 Å². The first kappa shape index (κ1) is 89.9. The van der Waals surface area contributed by atoms with Gasteiger partial charge in [-0.25, -0.2) is 4.79 Å². The average Bonchev–Trinajstić information content (AvgIpc) is 3.54. The highest BCUT2D eigenvalue weighted by molar-refractivity contribution is 5.71. The van der Waals surface area contributed by atoms with Crippen molar-refractivity contribution in [3.63, 3.8) is 0 Å². The summed E-state index contributed by atoms with van der Waals surface area (Å²) < 4.78 is 23.0. The van der Waals surface area contributed by atoms with Crippen LogP contribution in [0, 0.1) is 0 Å². The monoisotopic (exact) mass is 1320 g/mol. The van der Waals surface area contributed by atoms with Crippen LogP contribution >= 0.6 is 0 Å². The van der Waals surface area contributed by atoms with Gasteiger partial charge < -0.3 is 28.5 Å². The quantitative estimate of drug-likeness (QED) is 0.0211. The molecule has 0 aromatic heterocycles. The van der Waals surface area contributed by atoms with Crippen molar-refractivity contribution in [3.8, 4) is 0 Å². The lowest BCUT2D eigenvalue weighted by atomic mass is 10.0. The highest BCUT2D eigenvalue weighted by Crippen LogP contribution is 2.17. The van der Waals surface area contributed by atoms with Crippen molar-refractivity contribution in [1.29, 1.82) is 0 Å². The smallest absolute Gasteiger partial charge is 0.361 e.